The number of nitrogens with zero attached hydrogens (tertiary/aromatic N) is 1. The van der Waals surface area contributed by atoms with Crippen molar-refractivity contribution in [2.45, 2.75) is 38.6 Å². The zero-order chi connectivity index (χ0) is 15.0. The van der Waals surface area contributed by atoms with Crippen LogP contribution in [-0.2, 0) is 16.0 Å². The second-order valence-electron chi connectivity index (χ2n) is 5.84. The summed E-state index contributed by atoms with van der Waals surface area (Å²) >= 11 is 6.60. The molecule has 3 rings (SSSR count). The fraction of sp³-hybridized carbons (Fsp3) is 0.643. The number of H-pyrrole nitrogens is 1. The largest absolute Gasteiger partial charge is 0.353 e. The van der Waals surface area contributed by atoms with Crippen LogP contribution >= 0.6 is 23.6 Å². The van der Waals surface area contributed by atoms with Gasteiger partial charge in [0.1, 0.15) is 0 Å². The van der Waals surface area contributed by atoms with E-state index < -0.39 is 0 Å². The van der Waals surface area contributed by atoms with E-state index in [2.05, 4.69) is 10.3 Å². The molecule has 2 fully saturated rings. The highest BCUT2D eigenvalue weighted by molar-refractivity contribution is 7.73. The van der Waals surface area contributed by atoms with Gasteiger partial charge in [-0.15, -0.1) is 11.3 Å². The van der Waals surface area contributed by atoms with Crippen molar-refractivity contribution in [3.05, 3.63) is 14.5 Å². The Morgan fingerprint density at radius 3 is 3.00 bits per heavy atom. The third kappa shape index (κ3) is 3.18. The molecule has 114 valence electrons. The summed E-state index contributed by atoms with van der Waals surface area (Å²) in [4.78, 5) is 29.9. The normalized spacial score (nSPS) is 25.4. The maximum absolute atomic E-state index is 12.5. The van der Waals surface area contributed by atoms with Crippen LogP contribution in [0.2, 0.25) is 0 Å². The van der Waals surface area contributed by atoms with Crippen molar-refractivity contribution in [2.24, 2.45) is 5.92 Å². The maximum atomic E-state index is 12.5. The molecule has 1 aromatic rings. The summed E-state index contributed by atoms with van der Waals surface area (Å²) in [6, 6.07) is 0.256. The molecular weight excluding hydrogens is 306 g/mol. The summed E-state index contributed by atoms with van der Waals surface area (Å²) in [6.45, 7) is 3.45. The van der Waals surface area contributed by atoms with Crippen molar-refractivity contribution in [1.29, 1.82) is 0 Å². The Bertz CT molecular complexity index is 622. The minimum absolute atomic E-state index is 0.152. The van der Waals surface area contributed by atoms with E-state index >= 15 is 0 Å². The van der Waals surface area contributed by atoms with Crippen molar-refractivity contribution in [3.8, 4) is 0 Å². The van der Waals surface area contributed by atoms with Crippen molar-refractivity contribution >= 4 is 35.4 Å². The third-order valence-corrected chi connectivity index (χ3v) is 5.75. The summed E-state index contributed by atoms with van der Waals surface area (Å²) in [7, 11) is 0. The molecule has 2 amide bonds. The number of carbonyl (C=O) groups is 2. The lowest BCUT2D eigenvalue weighted by Gasteiger charge is -2.41. The molecule has 21 heavy (non-hydrogen) atoms. The predicted molar refractivity (Wildman–Crippen MR) is 83.8 cm³/mol. The fourth-order valence-corrected chi connectivity index (χ4v) is 4.47. The minimum atomic E-state index is 0.152. The summed E-state index contributed by atoms with van der Waals surface area (Å²) in [5, 5.41) is 3.05. The Kier molecular flexibility index (Phi) is 4.12. The van der Waals surface area contributed by atoms with E-state index in [9.17, 15) is 9.59 Å². The first-order valence-corrected chi connectivity index (χ1v) is 8.51. The molecule has 2 unspecified atom stereocenters. The minimum Gasteiger partial charge on any atom is -0.353 e. The zero-order valence-electron chi connectivity index (χ0n) is 12.0. The number of aromatic amines is 1. The van der Waals surface area contributed by atoms with E-state index in [0.717, 1.165) is 40.5 Å². The number of hydrogen-bond acceptors (Lipinski definition) is 4. The number of nitrogens with one attached hydrogen (secondary N) is 2. The molecule has 2 aliphatic rings. The Balaban J connectivity index is 1.62. The van der Waals surface area contributed by atoms with Gasteiger partial charge in [-0.25, -0.2) is 0 Å². The van der Waals surface area contributed by atoms with Crippen LogP contribution in [0.4, 0.5) is 0 Å². The van der Waals surface area contributed by atoms with Crippen LogP contribution in [0.1, 0.15) is 29.8 Å². The Morgan fingerprint density at radius 1 is 1.48 bits per heavy atom. The molecule has 2 aliphatic heterocycles. The quantitative estimate of drug-likeness (QED) is 0.815. The van der Waals surface area contributed by atoms with Crippen molar-refractivity contribution in [2.75, 3.05) is 13.1 Å². The van der Waals surface area contributed by atoms with E-state index in [1.807, 2.05) is 11.8 Å². The lowest BCUT2D eigenvalue weighted by Crippen LogP contribution is -2.55. The molecule has 0 bridgehead atoms. The maximum Gasteiger partial charge on any atom is 0.227 e. The number of hydrogen-bond donors (Lipinski definition) is 2. The molecule has 3 heterocycles. The first-order valence-electron chi connectivity index (χ1n) is 7.28. The number of rotatable bonds is 2. The van der Waals surface area contributed by atoms with Gasteiger partial charge in [0, 0.05) is 36.1 Å². The number of thiazole rings is 1. The number of fused-ring (bicyclic) bond motifs is 1. The molecule has 0 radical (unpaired) electrons. The standard InChI is InChI=1S/C14H19N3O2S2/c1-8-11(21-14(20)15-8)6-13(19)17-5-4-10-9(7-17)2-3-12(18)16-10/h9-10H,2-7H2,1H3,(H,15,20)(H,16,18). The van der Waals surface area contributed by atoms with Gasteiger partial charge in [-0.1, -0.05) is 0 Å². The van der Waals surface area contributed by atoms with Crippen LogP contribution in [0, 0.1) is 16.8 Å². The molecule has 7 heteroatoms. The van der Waals surface area contributed by atoms with E-state index in [-0.39, 0.29) is 17.9 Å². The molecule has 0 spiro atoms. The molecular formula is C14H19N3O2S2. The van der Waals surface area contributed by atoms with Crippen LogP contribution in [0.5, 0.6) is 0 Å². The lowest BCUT2D eigenvalue weighted by molar-refractivity contribution is -0.134. The van der Waals surface area contributed by atoms with Crippen molar-refractivity contribution in [3.63, 3.8) is 0 Å². The van der Waals surface area contributed by atoms with Gasteiger partial charge in [0.2, 0.25) is 11.8 Å². The number of carbonyl (C=O) groups excluding carboxylic acids is 2. The van der Waals surface area contributed by atoms with Gasteiger partial charge in [0.15, 0.2) is 3.95 Å². The highest BCUT2D eigenvalue weighted by Crippen LogP contribution is 2.26. The fourth-order valence-electron chi connectivity index (χ4n) is 3.19. The summed E-state index contributed by atoms with van der Waals surface area (Å²) in [5.74, 6) is 0.725. The molecule has 5 nitrogen and oxygen atoms in total. The smallest absolute Gasteiger partial charge is 0.227 e. The topological polar surface area (TPSA) is 65.2 Å². The second kappa shape index (κ2) is 5.88. The highest BCUT2D eigenvalue weighted by atomic mass is 32.1. The molecule has 0 aromatic carbocycles. The van der Waals surface area contributed by atoms with Gasteiger partial charge in [-0.3, -0.25) is 9.59 Å². The Hall–Kier alpha value is -1.21. The molecule has 2 saturated heterocycles. The zero-order valence-corrected chi connectivity index (χ0v) is 13.6. The summed E-state index contributed by atoms with van der Waals surface area (Å²) in [6.07, 6.45) is 2.77. The van der Waals surface area contributed by atoms with Gasteiger partial charge in [-0.2, -0.15) is 0 Å². The van der Waals surface area contributed by atoms with Gasteiger partial charge in [0.25, 0.3) is 0 Å². The summed E-state index contributed by atoms with van der Waals surface area (Å²) < 4.78 is 0.726. The molecule has 0 saturated carbocycles. The first kappa shape index (κ1) is 14.7. The van der Waals surface area contributed by atoms with E-state index in [0.29, 0.717) is 18.8 Å². The van der Waals surface area contributed by atoms with Gasteiger partial charge in [0.05, 0.1) is 6.42 Å². The molecule has 1 aromatic heterocycles. The highest BCUT2D eigenvalue weighted by Gasteiger charge is 2.35. The number of piperidine rings is 2. The van der Waals surface area contributed by atoms with E-state index in [1.54, 1.807) is 0 Å². The second-order valence-corrected chi connectivity index (χ2v) is 7.61. The monoisotopic (exact) mass is 325 g/mol. The number of amides is 2. The summed E-state index contributed by atoms with van der Waals surface area (Å²) in [5.41, 5.74) is 0.998. The predicted octanol–water partition coefficient (Wildman–Crippen LogP) is 1.78. The third-order valence-electron chi connectivity index (χ3n) is 4.41. The average molecular weight is 325 g/mol. The molecule has 2 N–H and O–H groups in total. The van der Waals surface area contributed by atoms with Crippen molar-refractivity contribution in [1.82, 2.24) is 15.2 Å². The van der Waals surface area contributed by atoms with Crippen LogP contribution in [0.15, 0.2) is 0 Å². The van der Waals surface area contributed by atoms with Gasteiger partial charge in [-0.05, 0) is 37.9 Å². The Morgan fingerprint density at radius 2 is 2.29 bits per heavy atom. The van der Waals surface area contributed by atoms with Gasteiger partial charge < -0.3 is 15.2 Å². The lowest BCUT2D eigenvalue weighted by atomic mass is 9.85. The number of likely N-dealkylation sites (tertiary alicyclic amines) is 1. The molecule has 0 aliphatic carbocycles. The first-order chi connectivity index (χ1) is 10.0. The van der Waals surface area contributed by atoms with E-state index in [1.165, 1.54) is 11.3 Å². The van der Waals surface area contributed by atoms with Crippen molar-refractivity contribution < 1.29 is 9.59 Å². The average Bonchev–Trinajstić information content (AvgIpc) is 2.76. The SMILES string of the molecule is Cc1[nH]c(=S)sc1CC(=O)N1CCC2NC(=O)CCC2C1. The Labute approximate surface area is 132 Å². The van der Waals surface area contributed by atoms with Crippen LogP contribution in [0.3, 0.4) is 0 Å². The van der Waals surface area contributed by atoms with Crippen LogP contribution in [-0.4, -0.2) is 40.8 Å². The van der Waals surface area contributed by atoms with Crippen LogP contribution < -0.4 is 5.32 Å². The molecule has 2 atom stereocenters. The van der Waals surface area contributed by atoms with E-state index in [4.69, 9.17) is 12.2 Å². The number of aromatic nitrogens is 1. The van der Waals surface area contributed by atoms with Crippen LogP contribution in [0.25, 0.3) is 0 Å². The van der Waals surface area contributed by atoms with Gasteiger partial charge >= 0.3 is 0 Å². The number of aryl methyl sites for hydroxylation is 1.